The maximum Gasteiger partial charge on any atom is 0.247 e. The van der Waals surface area contributed by atoms with E-state index in [1.54, 1.807) is 6.07 Å². The third kappa shape index (κ3) is 2.94. The fourth-order valence-electron chi connectivity index (χ4n) is 1.91. The van der Waals surface area contributed by atoms with Crippen LogP contribution in [0.4, 0.5) is 5.69 Å². The minimum atomic E-state index is -0.124. The number of benzene rings is 2. The molecule has 106 valence electrons. The summed E-state index contributed by atoms with van der Waals surface area (Å²) >= 11 is 0. The number of aromatic hydroxyl groups is 2. The second-order valence-electron chi connectivity index (χ2n) is 4.50. The van der Waals surface area contributed by atoms with E-state index in [1.165, 1.54) is 18.5 Å². The van der Waals surface area contributed by atoms with E-state index >= 15 is 0 Å². The topological polar surface area (TPSA) is 91.4 Å². The maximum absolute atomic E-state index is 9.44. The van der Waals surface area contributed by atoms with Gasteiger partial charge in [-0.25, -0.2) is 0 Å². The van der Waals surface area contributed by atoms with Gasteiger partial charge in [-0.1, -0.05) is 6.07 Å². The molecule has 6 heteroatoms. The molecule has 21 heavy (non-hydrogen) atoms. The molecule has 0 aliphatic carbocycles. The van der Waals surface area contributed by atoms with Crippen LogP contribution < -0.4 is 5.32 Å². The molecule has 0 unspecified atom stereocenters. The SMILES string of the molecule is Oc1ccc(CNc2ccc(-c3nnco3)cc2)cc1O. The molecule has 3 N–H and O–H groups in total. The zero-order valence-corrected chi connectivity index (χ0v) is 11.0. The number of anilines is 1. The van der Waals surface area contributed by atoms with E-state index in [-0.39, 0.29) is 11.5 Å². The molecule has 0 amide bonds. The van der Waals surface area contributed by atoms with Gasteiger partial charge in [0.15, 0.2) is 11.5 Å². The third-order valence-electron chi connectivity index (χ3n) is 3.03. The van der Waals surface area contributed by atoms with Crippen LogP contribution in [0.3, 0.4) is 0 Å². The Hall–Kier alpha value is -3.02. The summed E-state index contributed by atoms with van der Waals surface area (Å²) in [5.74, 6) is 0.230. The normalized spacial score (nSPS) is 10.5. The summed E-state index contributed by atoms with van der Waals surface area (Å²) in [6.07, 6.45) is 1.29. The van der Waals surface area contributed by atoms with Crippen LogP contribution in [0.25, 0.3) is 11.5 Å². The molecule has 0 atom stereocenters. The van der Waals surface area contributed by atoms with Crippen molar-refractivity contribution in [1.82, 2.24) is 10.2 Å². The predicted octanol–water partition coefficient (Wildman–Crippen LogP) is 2.76. The van der Waals surface area contributed by atoms with Crippen LogP contribution >= 0.6 is 0 Å². The lowest BCUT2D eigenvalue weighted by Gasteiger charge is -2.08. The molecule has 3 rings (SSSR count). The van der Waals surface area contributed by atoms with Gasteiger partial charge < -0.3 is 19.9 Å². The van der Waals surface area contributed by atoms with Crippen molar-refractivity contribution in [3.8, 4) is 23.0 Å². The molecular weight excluding hydrogens is 270 g/mol. The molecule has 2 aromatic carbocycles. The largest absolute Gasteiger partial charge is 0.504 e. The second-order valence-corrected chi connectivity index (χ2v) is 4.50. The Kier molecular flexibility index (Phi) is 3.42. The van der Waals surface area contributed by atoms with E-state index < -0.39 is 0 Å². The minimum absolute atomic E-state index is 0.123. The maximum atomic E-state index is 9.44. The summed E-state index contributed by atoms with van der Waals surface area (Å²) in [7, 11) is 0. The lowest BCUT2D eigenvalue weighted by molar-refractivity contribution is 0.403. The smallest absolute Gasteiger partial charge is 0.247 e. The molecule has 0 saturated carbocycles. The Morgan fingerprint density at radius 1 is 1.00 bits per heavy atom. The Balaban J connectivity index is 1.66. The number of rotatable bonds is 4. The van der Waals surface area contributed by atoms with Gasteiger partial charge in [0.1, 0.15) is 0 Å². The van der Waals surface area contributed by atoms with Gasteiger partial charge in [-0.2, -0.15) is 0 Å². The lowest BCUT2D eigenvalue weighted by atomic mass is 10.1. The van der Waals surface area contributed by atoms with Gasteiger partial charge in [-0.3, -0.25) is 0 Å². The summed E-state index contributed by atoms with van der Waals surface area (Å²) in [5, 5.41) is 29.4. The van der Waals surface area contributed by atoms with Crippen LogP contribution in [0, 0.1) is 0 Å². The van der Waals surface area contributed by atoms with Crippen molar-refractivity contribution in [3.05, 3.63) is 54.4 Å². The van der Waals surface area contributed by atoms with Crippen molar-refractivity contribution < 1.29 is 14.6 Å². The van der Waals surface area contributed by atoms with E-state index in [1.807, 2.05) is 24.3 Å². The summed E-state index contributed by atoms with van der Waals surface area (Å²) in [4.78, 5) is 0. The first-order chi connectivity index (χ1) is 10.2. The second kappa shape index (κ2) is 5.54. The summed E-state index contributed by atoms with van der Waals surface area (Å²) in [5.41, 5.74) is 2.64. The molecule has 3 aromatic rings. The van der Waals surface area contributed by atoms with Crippen LogP contribution in [0.1, 0.15) is 5.56 Å². The van der Waals surface area contributed by atoms with Gasteiger partial charge in [0.05, 0.1) is 0 Å². The summed E-state index contributed by atoms with van der Waals surface area (Å²) in [6.45, 7) is 0.535. The zero-order valence-electron chi connectivity index (χ0n) is 11.0. The molecule has 6 nitrogen and oxygen atoms in total. The summed E-state index contributed by atoms with van der Waals surface area (Å²) < 4.78 is 5.12. The van der Waals surface area contributed by atoms with Crippen molar-refractivity contribution in [2.24, 2.45) is 0 Å². The average molecular weight is 283 g/mol. The van der Waals surface area contributed by atoms with Crippen molar-refractivity contribution in [3.63, 3.8) is 0 Å². The molecule has 0 radical (unpaired) electrons. The molecule has 0 aliphatic rings. The molecule has 0 saturated heterocycles. The number of hydrogen-bond donors (Lipinski definition) is 3. The molecule has 0 aliphatic heterocycles. The van der Waals surface area contributed by atoms with E-state index in [4.69, 9.17) is 4.42 Å². The first kappa shape index (κ1) is 13.0. The average Bonchev–Trinajstić information content (AvgIpc) is 3.03. The van der Waals surface area contributed by atoms with Crippen LogP contribution in [-0.4, -0.2) is 20.4 Å². The van der Waals surface area contributed by atoms with Crippen molar-refractivity contribution >= 4 is 5.69 Å². The first-order valence-corrected chi connectivity index (χ1v) is 6.34. The monoisotopic (exact) mass is 283 g/mol. The van der Waals surface area contributed by atoms with E-state index in [0.29, 0.717) is 12.4 Å². The van der Waals surface area contributed by atoms with Gasteiger partial charge in [0.2, 0.25) is 12.3 Å². The highest BCUT2D eigenvalue weighted by molar-refractivity contribution is 5.58. The van der Waals surface area contributed by atoms with Gasteiger partial charge in [0, 0.05) is 17.8 Å². The van der Waals surface area contributed by atoms with Gasteiger partial charge in [-0.05, 0) is 42.0 Å². The molecule has 1 heterocycles. The number of aromatic nitrogens is 2. The molecule has 0 fully saturated rings. The zero-order chi connectivity index (χ0) is 14.7. The van der Waals surface area contributed by atoms with Crippen LogP contribution in [0.15, 0.2) is 53.3 Å². The van der Waals surface area contributed by atoms with Crippen molar-refractivity contribution in [2.75, 3.05) is 5.32 Å². The molecule has 0 spiro atoms. The summed E-state index contributed by atoms with van der Waals surface area (Å²) in [6, 6.07) is 12.3. The minimum Gasteiger partial charge on any atom is -0.504 e. The quantitative estimate of drug-likeness (QED) is 0.638. The van der Waals surface area contributed by atoms with E-state index in [9.17, 15) is 10.2 Å². The lowest BCUT2D eigenvalue weighted by Crippen LogP contribution is -1.98. The van der Waals surface area contributed by atoms with Crippen LogP contribution in [0.5, 0.6) is 11.5 Å². The standard InChI is InChI=1S/C15H13N3O3/c19-13-6-1-10(7-14(13)20)8-16-12-4-2-11(3-5-12)15-18-17-9-21-15/h1-7,9,16,19-20H,8H2. The Labute approximate surface area is 120 Å². The van der Waals surface area contributed by atoms with Crippen LogP contribution in [0.2, 0.25) is 0 Å². The van der Waals surface area contributed by atoms with Crippen molar-refractivity contribution in [2.45, 2.75) is 6.54 Å². The van der Waals surface area contributed by atoms with Crippen LogP contribution in [-0.2, 0) is 6.54 Å². The molecule has 1 aromatic heterocycles. The number of nitrogens with zero attached hydrogens (tertiary/aromatic N) is 2. The fraction of sp³-hybridized carbons (Fsp3) is 0.0667. The number of phenolic OH excluding ortho intramolecular Hbond substituents is 2. The fourth-order valence-corrected chi connectivity index (χ4v) is 1.91. The Morgan fingerprint density at radius 3 is 2.48 bits per heavy atom. The number of nitrogens with one attached hydrogen (secondary N) is 1. The highest BCUT2D eigenvalue weighted by Gasteiger charge is 2.04. The Bertz CT molecular complexity index is 724. The van der Waals surface area contributed by atoms with Gasteiger partial charge in [-0.15, -0.1) is 10.2 Å². The van der Waals surface area contributed by atoms with E-state index in [2.05, 4.69) is 15.5 Å². The predicted molar refractivity (Wildman–Crippen MR) is 76.8 cm³/mol. The van der Waals surface area contributed by atoms with E-state index in [0.717, 1.165) is 16.8 Å². The van der Waals surface area contributed by atoms with Gasteiger partial charge in [0.25, 0.3) is 0 Å². The number of phenols is 2. The molecular formula is C15H13N3O3. The highest BCUT2D eigenvalue weighted by atomic mass is 16.4. The number of hydrogen-bond acceptors (Lipinski definition) is 6. The molecule has 0 bridgehead atoms. The highest BCUT2D eigenvalue weighted by Crippen LogP contribution is 2.25. The first-order valence-electron chi connectivity index (χ1n) is 6.34. The third-order valence-corrected chi connectivity index (χ3v) is 3.03. The van der Waals surface area contributed by atoms with Crippen molar-refractivity contribution in [1.29, 1.82) is 0 Å². The van der Waals surface area contributed by atoms with Gasteiger partial charge >= 0.3 is 0 Å². The Morgan fingerprint density at radius 2 is 1.81 bits per heavy atom.